The van der Waals surface area contributed by atoms with Crippen molar-refractivity contribution >= 4 is 33.5 Å². The minimum atomic E-state index is -4.02. The van der Waals surface area contributed by atoms with Crippen LogP contribution in [-0.2, 0) is 26.1 Å². The van der Waals surface area contributed by atoms with Gasteiger partial charge in [0, 0.05) is 26.2 Å². The molecule has 0 bridgehead atoms. The van der Waals surface area contributed by atoms with Crippen LogP contribution in [0.2, 0.25) is 5.02 Å². The standard InChI is InChI=1S/C21H26ClN3O6S/c1-3-24-8-10-25(11-9-24)20(26)15(2)31-21(27)16-6-7-18(22)19(13-16)32(28,29)23-14-17-5-4-12-30-17/h4-7,12-13,15,23H,3,8-11,14H2,1-2H3. The number of ether oxygens (including phenoxy) is 1. The number of halogens is 1. The Balaban J connectivity index is 1.66. The molecule has 1 aromatic heterocycles. The van der Waals surface area contributed by atoms with Gasteiger partial charge in [0.1, 0.15) is 10.7 Å². The monoisotopic (exact) mass is 483 g/mol. The second-order valence-electron chi connectivity index (χ2n) is 7.36. The number of likely N-dealkylation sites (N-methyl/N-ethyl adjacent to an activating group) is 1. The minimum Gasteiger partial charge on any atom is -0.468 e. The molecule has 174 valence electrons. The van der Waals surface area contributed by atoms with Crippen LogP contribution < -0.4 is 4.72 Å². The van der Waals surface area contributed by atoms with E-state index in [1.54, 1.807) is 17.0 Å². The first-order valence-electron chi connectivity index (χ1n) is 10.2. The molecule has 1 saturated heterocycles. The summed E-state index contributed by atoms with van der Waals surface area (Å²) in [7, 11) is -4.02. The van der Waals surface area contributed by atoms with Crippen molar-refractivity contribution in [2.75, 3.05) is 32.7 Å². The Kier molecular flexibility index (Phi) is 7.94. The highest BCUT2D eigenvalue weighted by molar-refractivity contribution is 7.89. The fourth-order valence-electron chi connectivity index (χ4n) is 3.31. The molecular weight excluding hydrogens is 458 g/mol. The van der Waals surface area contributed by atoms with Crippen LogP contribution in [-0.4, -0.2) is 68.9 Å². The fraction of sp³-hybridized carbons (Fsp3) is 0.429. The lowest BCUT2D eigenvalue weighted by atomic mass is 10.2. The maximum atomic E-state index is 12.7. The summed E-state index contributed by atoms with van der Waals surface area (Å²) >= 11 is 6.07. The van der Waals surface area contributed by atoms with Gasteiger partial charge in [0.2, 0.25) is 10.0 Å². The number of esters is 1. The van der Waals surface area contributed by atoms with Crippen LogP contribution in [0.3, 0.4) is 0 Å². The van der Waals surface area contributed by atoms with Gasteiger partial charge in [-0.05, 0) is 43.8 Å². The SMILES string of the molecule is CCN1CCN(C(=O)C(C)OC(=O)c2ccc(Cl)c(S(=O)(=O)NCc3ccco3)c2)CC1. The van der Waals surface area contributed by atoms with Gasteiger partial charge in [-0.25, -0.2) is 17.9 Å². The maximum absolute atomic E-state index is 12.7. The fourth-order valence-corrected chi connectivity index (χ4v) is 4.83. The molecule has 1 aliphatic heterocycles. The third-order valence-corrected chi connectivity index (χ3v) is 7.12. The number of furan rings is 1. The van der Waals surface area contributed by atoms with E-state index in [4.69, 9.17) is 20.8 Å². The molecule has 2 aromatic rings. The molecule has 9 nitrogen and oxygen atoms in total. The van der Waals surface area contributed by atoms with Crippen molar-refractivity contribution in [3.8, 4) is 0 Å². The van der Waals surface area contributed by atoms with Gasteiger partial charge in [-0.3, -0.25) is 4.79 Å². The summed E-state index contributed by atoms with van der Waals surface area (Å²) in [6.45, 7) is 7.10. The molecule has 1 aromatic carbocycles. The minimum absolute atomic E-state index is 0.0248. The van der Waals surface area contributed by atoms with E-state index >= 15 is 0 Å². The molecule has 1 N–H and O–H groups in total. The Morgan fingerprint density at radius 2 is 1.94 bits per heavy atom. The van der Waals surface area contributed by atoms with Gasteiger partial charge in [0.15, 0.2) is 6.10 Å². The third-order valence-electron chi connectivity index (χ3n) is 5.24. The Labute approximate surface area is 192 Å². The van der Waals surface area contributed by atoms with E-state index in [-0.39, 0.29) is 27.9 Å². The predicted molar refractivity (Wildman–Crippen MR) is 118 cm³/mol. The highest BCUT2D eigenvalue weighted by atomic mass is 35.5. The van der Waals surface area contributed by atoms with E-state index in [0.29, 0.717) is 18.8 Å². The van der Waals surface area contributed by atoms with Gasteiger partial charge >= 0.3 is 5.97 Å². The van der Waals surface area contributed by atoms with Crippen molar-refractivity contribution < 1.29 is 27.2 Å². The molecule has 32 heavy (non-hydrogen) atoms. The van der Waals surface area contributed by atoms with Gasteiger partial charge in [-0.15, -0.1) is 0 Å². The Bertz CT molecular complexity index is 1050. The Hall–Kier alpha value is -2.40. The summed E-state index contributed by atoms with van der Waals surface area (Å²) in [4.78, 5) is 28.9. The topological polar surface area (TPSA) is 109 Å². The summed E-state index contributed by atoms with van der Waals surface area (Å²) in [5.41, 5.74) is -0.0248. The van der Waals surface area contributed by atoms with Crippen LogP contribution in [0.1, 0.15) is 30.0 Å². The number of amides is 1. The number of carbonyl (C=O) groups excluding carboxylic acids is 2. The molecular formula is C21H26ClN3O6S. The van der Waals surface area contributed by atoms with E-state index in [9.17, 15) is 18.0 Å². The number of benzene rings is 1. The Morgan fingerprint density at radius 1 is 1.22 bits per heavy atom. The van der Waals surface area contributed by atoms with Crippen LogP contribution in [0.25, 0.3) is 0 Å². The number of hydrogen-bond acceptors (Lipinski definition) is 7. The summed E-state index contributed by atoms with van der Waals surface area (Å²) < 4.78 is 38.1. The maximum Gasteiger partial charge on any atom is 0.338 e. The second kappa shape index (κ2) is 10.5. The van der Waals surface area contributed by atoms with Crippen molar-refractivity contribution in [2.45, 2.75) is 31.4 Å². The van der Waals surface area contributed by atoms with E-state index in [1.807, 2.05) is 0 Å². The molecule has 0 radical (unpaired) electrons. The van der Waals surface area contributed by atoms with E-state index in [0.717, 1.165) is 25.7 Å². The van der Waals surface area contributed by atoms with E-state index < -0.39 is 22.1 Å². The molecule has 1 fully saturated rings. The van der Waals surface area contributed by atoms with Gasteiger partial charge in [-0.2, -0.15) is 0 Å². The van der Waals surface area contributed by atoms with Crippen molar-refractivity contribution in [2.24, 2.45) is 0 Å². The molecule has 0 aliphatic carbocycles. The zero-order chi connectivity index (χ0) is 23.3. The predicted octanol–water partition coefficient (Wildman–Crippen LogP) is 2.12. The van der Waals surface area contributed by atoms with Crippen LogP contribution in [0.15, 0.2) is 45.9 Å². The number of piperazine rings is 1. The molecule has 1 amide bonds. The van der Waals surface area contributed by atoms with Crippen LogP contribution in [0, 0.1) is 0 Å². The quantitative estimate of drug-likeness (QED) is 0.573. The molecule has 2 heterocycles. The first kappa shape index (κ1) is 24.2. The number of hydrogen-bond donors (Lipinski definition) is 1. The number of nitrogens with zero attached hydrogens (tertiary/aromatic N) is 2. The van der Waals surface area contributed by atoms with Crippen LogP contribution in [0.5, 0.6) is 0 Å². The van der Waals surface area contributed by atoms with Gasteiger partial charge in [0.25, 0.3) is 5.91 Å². The average molecular weight is 484 g/mol. The first-order chi connectivity index (χ1) is 15.2. The number of sulfonamides is 1. The van der Waals surface area contributed by atoms with E-state index in [2.05, 4.69) is 16.5 Å². The molecule has 3 rings (SSSR count). The van der Waals surface area contributed by atoms with Crippen LogP contribution in [0.4, 0.5) is 0 Å². The van der Waals surface area contributed by atoms with Gasteiger partial charge < -0.3 is 19.0 Å². The molecule has 0 saturated carbocycles. The lowest BCUT2D eigenvalue weighted by molar-refractivity contribution is -0.141. The third kappa shape index (κ3) is 5.89. The highest BCUT2D eigenvalue weighted by Crippen LogP contribution is 2.24. The summed E-state index contributed by atoms with van der Waals surface area (Å²) in [5.74, 6) is -0.666. The zero-order valence-electron chi connectivity index (χ0n) is 17.9. The van der Waals surface area contributed by atoms with Crippen LogP contribution >= 0.6 is 11.6 Å². The summed E-state index contributed by atoms with van der Waals surface area (Å²) in [6.07, 6.45) is 0.433. The summed E-state index contributed by atoms with van der Waals surface area (Å²) in [6, 6.07) is 7.05. The van der Waals surface area contributed by atoms with Gasteiger partial charge in [-0.1, -0.05) is 18.5 Å². The lowest BCUT2D eigenvalue weighted by Gasteiger charge is -2.35. The molecule has 1 atom stereocenters. The Morgan fingerprint density at radius 3 is 2.56 bits per heavy atom. The van der Waals surface area contributed by atoms with Crippen molar-refractivity contribution in [1.29, 1.82) is 0 Å². The van der Waals surface area contributed by atoms with Gasteiger partial charge in [0.05, 0.1) is 23.4 Å². The average Bonchev–Trinajstić information content (AvgIpc) is 3.31. The zero-order valence-corrected chi connectivity index (χ0v) is 19.5. The van der Waals surface area contributed by atoms with Crippen molar-refractivity contribution in [3.05, 3.63) is 52.9 Å². The molecule has 1 aliphatic rings. The lowest BCUT2D eigenvalue weighted by Crippen LogP contribution is -2.51. The first-order valence-corrected chi connectivity index (χ1v) is 12.1. The smallest absolute Gasteiger partial charge is 0.338 e. The van der Waals surface area contributed by atoms with E-state index in [1.165, 1.54) is 25.3 Å². The molecule has 11 heteroatoms. The van der Waals surface area contributed by atoms with Crippen molar-refractivity contribution in [3.63, 3.8) is 0 Å². The van der Waals surface area contributed by atoms with Crippen molar-refractivity contribution in [1.82, 2.24) is 14.5 Å². The highest BCUT2D eigenvalue weighted by Gasteiger charge is 2.28. The largest absolute Gasteiger partial charge is 0.468 e. The molecule has 0 spiro atoms. The normalized spacial score (nSPS) is 16.0. The number of nitrogens with one attached hydrogen (secondary N) is 1. The number of rotatable bonds is 8. The molecule has 1 unspecified atom stereocenters. The number of carbonyl (C=O) groups is 2. The second-order valence-corrected chi connectivity index (χ2v) is 9.50. The summed E-state index contributed by atoms with van der Waals surface area (Å²) in [5, 5.41) is -0.0496.